The molecule has 0 aliphatic carbocycles. The van der Waals surface area contributed by atoms with Crippen molar-refractivity contribution in [2.24, 2.45) is 0 Å². The predicted molar refractivity (Wildman–Crippen MR) is 102 cm³/mol. The Bertz CT molecular complexity index is 1090. The standard InChI is InChI=1S/C18H16F3N3O2S2/c19-18(20,21)16-12-15(13-4-1-2-5-14(13)22-16)23-7-9-24(10-8-23)28(25,26)17-6-3-11-27-17/h1-6,11-12H,7-10H2. The van der Waals surface area contributed by atoms with E-state index in [1.165, 1.54) is 4.31 Å². The quantitative estimate of drug-likeness (QED) is 0.638. The maximum absolute atomic E-state index is 13.3. The van der Waals surface area contributed by atoms with Crippen molar-refractivity contribution in [1.82, 2.24) is 9.29 Å². The Hall–Kier alpha value is -2.17. The molecule has 0 radical (unpaired) electrons. The molecule has 1 saturated heterocycles. The van der Waals surface area contributed by atoms with Crippen molar-refractivity contribution in [3.63, 3.8) is 0 Å². The summed E-state index contributed by atoms with van der Waals surface area (Å²) >= 11 is 1.15. The van der Waals surface area contributed by atoms with E-state index in [-0.39, 0.29) is 22.8 Å². The van der Waals surface area contributed by atoms with Crippen LogP contribution in [0.1, 0.15) is 5.69 Å². The first-order valence-electron chi connectivity index (χ1n) is 8.52. The zero-order valence-electron chi connectivity index (χ0n) is 14.6. The van der Waals surface area contributed by atoms with Gasteiger partial charge in [-0.05, 0) is 23.6 Å². The van der Waals surface area contributed by atoms with Gasteiger partial charge in [-0.3, -0.25) is 0 Å². The average Bonchev–Trinajstić information content (AvgIpc) is 3.22. The lowest BCUT2D eigenvalue weighted by Gasteiger charge is -2.35. The summed E-state index contributed by atoms with van der Waals surface area (Å²) < 4.78 is 66.8. The summed E-state index contributed by atoms with van der Waals surface area (Å²) in [5.74, 6) is 0. The molecule has 3 aromatic rings. The van der Waals surface area contributed by atoms with Crippen molar-refractivity contribution >= 4 is 38.0 Å². The third kappa shape index (κ3) is 3.47. The van der Waals surface area contributed by atoms with E-state index in [0.717, 1.165) is 17.4 Å². The first-order valence-corrected chi connectivity index (χ1v) is 10.8. The molecule has 0 bridgehead atoms. The van der Waals surface area contributed by atoms with Gasteiger partial charge in [0, 0.05) is 37.3 Å². The number of pyridine rings is 1. The molecule has 10 heteroatoms. The number of nitrogens with zero attached hydrogens (tertiary/aromatic N) is 3. The van der Waals surface area contributed by atoms with Crippen LogP contribution in [0.4, 0.5) is 18.9 Å². The van der Waals surface area contributed by atoms with E-state index in [1.54, 1.807) is 46.7 Å². The van der Waals surface area contributed by atoms with E-state index >= 15 is 0 Å². The minimum atomic E-state index is -4.55. The van der Waals surface area contributed by atoms with E-state index in [9.17, 15) is 21.6 Å². The Kier molecular flexibility index (Phi) is 4.80. The van der Waals surface area contributed by atoms with E-state index in [2.05, 4.69) is 4.98 Å². The maximum atomic E-state index is 13.3. The molecule has 0 saturated carbocycles. The normalized spacial score (nSPS) is 16.6. The Labute approximate surface area is 164 Å². The zero-order valence-corrected chi connectivity index (χ0v) is 16.2. The molecule has 1 aliphatic rings. The van der Waals surface area contributed by atoms with Gasteiger partial charge in [-0.15, -0.1) is 11.3 Å². The first-order chi connectivity index (χ1) is 13.3. The molecule has 0 amide bonds. The van der Waals surface area contributed by atoms with E-state index in [4.69, 9.17) is 0 Å². The minimum absolute atomic E-state index is 0.207. The third-order valence-electron chi connectivity index (χ3n) is 4.65. The van der Waals surface area contributed by atoms with Gasteiger partial charge < -0.3 is 4.90 Å². The number of halogens is 3. The summed E-state index contributed by atoms with van der Waals surface area (Å²) in [7, 11) is -3.57. The molecule has 1 aromatic carbocycles. The van der Waals surface area contributed by atoms with Crippen LogP contribution < -0.4 is 4.90 Å². The van der Waals surface area contributed by atoms with Crippen LogP contribution in [0.3, 0.4) is 0 Å². The van der Waals surface area contributed by atoms with Gasteiger partial charge in [0.05, 0.1) is 5.52 Å². The second-order valence-corrected chi connectivity index (χ2v) is 9.48. The summed E-state index contributed by atoms with van der Waals surface area (Å²) in [6.45, 7) is 1.02. The molecule has 3 heterocycles. The number of piperazine rings is 1. The van der Waals surface area contributed by atoms with Crippen LogP contribution in [-0.4, -0.2) is 43.9 Å². The molecule has 0 atom stereocenters. The highest BCUT2D eigenvalue weighted by molar-refractivity contribution is 7.91. The van der Waals surface area contributed by atoms with Gasteiger partial charge in [-0.1, -0.05) is 24.3 Å². The number of thiophene rings is 1. The maximum Gasteiger partial charge on any atom is 0.433 e. The van der Waals surface area contributed by atoms with Gasteiger partial charge in [0.2, 0.25) is 0 Å². The number of para-hydroxylation sites is 1. The Morgan fingerprint density at radius 2 is 1.71 bits per heavy atom. The number of hydrogen-bond acceptors (Lipinski definition) is 5. The Morgan fingerprint density at radius 3 is 2.36 bits per heavy atom. The summed E-state index contributed by atoms with van der Waals surface area (Å²) in [5, 5.41) is 2.32. The predicted octanol–water partition coefficient (Wildman–Crippen LogP) is 3.83. The first kappa shape index (κ1) is 19.2. The molecule has 4 rings (SSSR count). The number of benzene rings is 1. The second-order valence-electron chi connectivity index (χ2n) is 6.36. The molecule has 1 fully saturated rings. The van der Waals surface area contributed by atoms with Crippen LogP contribution in [0.2, 0.25) is 0 Å². The van der Waals surface area contributed by atoms with E-state index < -0.39 is 21.9 Å². The fraction of sp³-hybridized carbons (Fsp3) is 0.278. The number of aromatic nitrogens is 1. The van der Waals surface area contributed by atoms with Crippen LogP contribution in [0.5, 0.6) is 0 Å². The number of anilines is 1. The largest absolute Gasteiger partial charge is 0.433 e. The number of sulfonamides is 1. The molecule has 0 unspecified atom stereocenters. The fourth-order valence-corrected chi connectivity index (χ4v) is 5.84. The summed E-state index contributed by atoms with van der Waals surface area (Å²) in [5.41, 5.74) is -0.262. The molecular formula is C18H16F3N3O2S2. The monoisotopic (exact) mass is 427 g/mol. The van der Waals surface area contributed by atoms with Crippen molar-refractivity contribution in [3.8, 4) is 0 Å². The minimum Gasteiger partial charge on any atom is -0.368 e. The average molecular weight is 427 g/mol. The van der Waals surface area contributed by atoms with Crippen LogP contribution >= 0.6 is 11.3 Å². The fourth-order valence-electron chi connectivity index (χ4n) is 3.27. The van der Waals surface area contributed by atoms with Gasteiger partial charge in [0.25, 0.3) is 10.0 Å². The second kappa shape index (κ2) is 7.02. The molecule has 0 spiro atoms. The van der Waals surface area contributed by atoms with E-state index in [1.807, 2.05) is 0 Å². The van der Waals surface area contributed by atoms with E-state index in [0.29, 0.717) is 24.2 Å². The number of hydrogen-bond donors (Lipinski definition) is 0. The Morgan fingerprint density at radius 1 is 1.00 bits per heavy atom. The summed E-state index contributed by atoms with van der Waals surface area (Å²) in [6.07, 6.45) is -4.55. The molecule has 0 N–H and O–H groups in total. The molecule has 28 heavy (non-hydrogen) atoms. The van der Waals surface area contributed by atoms with Crippen LogP contribution in [-0.2, 0) is 16.2 Å². The smallest absolute Gasteiger partial charge is 0.368 e. The lowest BCUT2D eigenvalue weighted by atomic mass is 10.1. The number of rotatable bonds is 3. The molecule has 148 valence electrons. The highest BCUT2D eigenvalue weighted by atomic mass is 32.2. The Balaban J connectivity index is 1.64. The number of alkyl halides is 3. The van der Waals surface area contributed by atoms with Crippen molar-refractivity contribution in [1.29, 1.82) is 0 Å². The lowest BCUT2D eigenvalue weighted by molar-refractivity contribution is -0.140. The molecule has 2 aromatic heterocycles. The van der Waals surface area contributed by atoms with Crippen LogP contribution in [0, 0.1) is 0 Å². The third-order valence-corrected chi connectivity index (χ3v) is 7.93. The van der Waals surface area contributed by atoms with Crippen molar-refractivity contribution in [2.45, 2.75) is 10.4 Å². The van der Waals surface area contributed by atoms with Crippen molar-refractivity contribution < 1.29 is 21.6 Å². The highest BCUT2D eigenvalue weighted by Gasteiger charge is 2.35. The van der Waals surface area contributed by atoms with Gasteiger partial charge in [0.1, 0.15) is 9.90 Å². The molecular weight excluding hydrogens is 411 g/mol. The summed E-state index contributed by atoms with van der Waals surface area (Å²) in [4.78, 5) is 5.52. The highest BCUT2D eigenvalue weighted by Crippen LogP contribution is 2.35. The zero-order chi connectivity index (χ0) is 19.9. The SMILES string of the molecule is O=S(=O)(c1cccs1)N1CCN(c2cc(C(F)(F)F)nc3ccccc23)CC1. The van der Waals surface area contributed by atoms with Crippen LogP contribution in [0.15, 0.2) is 52.1 Å². The topological polar surface area (TPSA) is 53.5 Å². The number of fused-ring (bicyclic) bond motifs is 1. The molecule has 1 aliphatic heterocycles. The van der Waals surface area contributed by atoms with Crippen molar-refractivity contribution in [2.75, 3.05) is 31.1 Å². The van der Waals surface area contributed by atoms with Crippen LogP contribution in [0.25, 0.3) is 10.9 Å². The van der Waals surface area contributed by atoms with Gasteiger partial charge in [0.15, 0.2) is 0 Å². The van der Waals surface area contributed by atoms with Gasteiger partial charge in [-0.25, -0.2) is 13.4 Å². The molecule has 5 nitrogen and oxygen atoms in total. The van der Waals surface area contributed by atoms with Gasteiger partial charge >= 0.3 is 6.18 Å². The summed E-state index contributed by atoms with van der Waals surface area (Å²) in [6, 6.07) is 10.9. The van der Waals surface area contributed by atoms with Gasteiger partial charge in [-0.2, -0.15) is 17.5 Å². The lowest BCUT2D eigenvalue weighted by Crippen LogP contribution is -2.48. The van der Waals surface area contributed by atoms with Crippen molar-refractivity contribution in [3.05, 3.63) is 53.5 Å².